The maximum absolute atomic E-state index is 10.3. The van der Waals surface area contributed by atoms with Crippen LogP contribution in [0.5, 0.6) is 0 Å². The van der Waals surface area contributed by atoms with Crippen molar-refractivity contribution in [3.8, 4) is 0 Å². The predicted molar refractivity (Wildman–Crippen MR) is 51.8 cm³/mol. The van der Waals surface area contributed by atoms with Crippen molar-refractivity contribution in [3.05, 3.63) is 35.4 Å². The second-order valence-electron chi connectivity index (χ2n) is 3.06. The van der Waals surface area contributed by atoms with Gasteiger partial charge in [0.25, 0.3) is 0 Å². The topological polar surface area (TPSA) is 37.3 Å². The third kappa shape index (κ3) is 3.28. The lowest BCUT2D eigenvalue weighted by atomic mass is 10.1. The Morgan fingerprint density at radius 1 is 1.23 bits per heavy atom. The first-order valence-electron chi connectivity index (χ1n) is 4.52. The van der Waals surface area contributed by atoms with Crippen molar-refractivity contribution in [2.24, 2.45) is 0 Å². The maximum Gasteiger partial charge on any atom is 0.303 e. The van der Waals surface area contributed by atoms with Crippen molar-refractivity contribution in [1.29, 1.82) is 0 Å². The Hall–Kier alpha value is -1.31. The van der Waals surface area contributed by atoms with Gasteiger partial charge < -0.3 is 5.11 Å². The van der Waals surface area contributed by atoms with E-state index < -0.39 is 5.97 Å². The Bertz CT molecular complexity index is 275. The lowest BCUT2D eigenvalue weighted by Gasteiger charge is -2.00. The molecule has 1 aromatic rings. The van der Waals surface area contributed by atoms with Gasteiger partial charge in [0.2, 0.25) is 0 Å². The van der Waals surface area contributed by atoms with Gasteiger partial charge >= 0.3 is 5.97 Å². The first kappa shape index (κ1) is 9.78. The molecule has 70 valence electrons. The lowest BCUT2D eigenvalue weighted by molar-refractivity contribution is -0.136. The number of aliphatic carboxylic acids is 1. The van der Waals surface area contributed by atoms with Crippen molar-refractivity contribution in [3.63, 3.8) is 0 Å². The normalized spacial score (nSPS) is 9.92. The van der Waals surface area contributed by atoms with E-state index in [0.29, 0.717) is 6.42 Å². The summed E-state index contributed by atoms with van der Waals surface area (Å²) in [6, 6.07) is 8.11. The van der Waals surface area contributed by atoms with Gasteiger partial charge in [-0.05, 0) is 24.0 Å². The summed E-state index contributed by atoms with van der Waals surface area (Å²) in [5, 5.41) is 8.48. The van der Waals surface area contributed by atoms with E-state index in [-0.39, 0.29) is 6.42 Å². The summed E-state index contributed by atoms with van der Waals surface area (Å²) in [5.41, 5.74) is 2.39. The Labute approximate surface area is 78.2 Å². The number of carboxylic acid groups (broad SMARTS) is 1. The molecular weight excluding hydrogens is 164 g/mol. The van der Waals surface area contributed by atoms with Crippen LogP contribution in [0.2, 0.25) is 0 Å². The molecule has 0 aliphatic heterocycles. The van der Waals surface area contributed by atoms with E-state index in [2.05, 4.69) is 19.1 Å². The van der Waals surface area contributed by atoms with Crippen LogP contribution in [-0.4, -0.2) is 11.1 Å². The van der Waals surface area contributed by atoms with E-state index in [1.54, 1.807) is 0 Å². The molecule has 1 N–H and O–H groups in total. The van der Waals surface area contributed by atoms with Gasteiger partial charge in [0.1, 0.15) is 0 Å². The second kappa shape index (κ2) is 4.65. The van der Waals surface area contributed by atoms with E-state index >= 15 is 0 Å². The predicted octanol–water partition coefficient (Wildman–Crippen LogP) is 2.27. The van der Waals surface area contributed by atoms with E-state index in [0.717, 1.165) is 12.0 Å². The van der Waals surface area contributed by atoms with Crippen molar-refractivity contribution >= 4 is 5.97 Å². The number of benzene rings is 1. The Morgan fingerprint density at radius 2 is 1.77 bits per heavy atom. The van der Waals surface area contributed by atoms with Gasteiger partial charge in [0.05, 0.1) is 0 Å². The van der Waals surface area contributed by atoms with Crippen LogP contribution in [0.3, 0.4) is 0 Å². The Kier molecular flexibility index (Phi) is 3.50. The molecule has 13 heavy (non-hydrogen) atoms. The highest BCUT2D eigenvalue weighted by atomic mass is 16.4. The summed E-state index contributed by atoms with van der Waals surface area (Å²) in [7, 11) is 0. The third-order valence-electron chi connectivity index (χ3n) is 2.06. The summed E-state index contributed by atoms with van der Waals surface area (Å²) < 4.78 is 0. The molecule has 2 nitrogen and oxygen atoms in total. The molecule has 0 spiro atoms. The van der Waals surface area contributed by atoms with Crippen LogP contribution in [0, 0.1) is 0 Å². The van der Waals surface area contributed by atoms with Crippen LogP contribution >= 0.6 is 0 Å². The van der Waals surface area contributed by atoms with Gasteiger partial charge in [-0.2, -0.15) is 0 Å². The largest absolute Gasteiger partial charge is 0.481 e. The first-order chi connectivity index (χ1) is 6.22. The van der Waals surface area contributed by atoms with Gasteiger partial charge in [-0.25, -0.2) is 0 Å². The smallest absolute Gasteiger partial charge is 0.303 e. The zero-order chi connectivity index (χ0) is 9.68. The lowest BCUT2D eigenvalue weighted by Crippen LogP contribution is -1.97. The van der Waals surface area contributed by atoms with E-state index in [4.69, 9.17) is 5.11 Å². The van der Waals surface area contributed by atoms with E-state index in [9.17, 15) is 4.79 Å². The Morgan fingerprint density at radius 3 is 2.23 bits per heavy atom. The monoisotopic (exact) mass is 178 g/mol. The molecule has 0 fully saturated rings. The minimum atomic E-state index is -0.737. The molecular formula is C11H14O2. The summed E-state index contributed by atoms with van der Waals surface area (Å²) >= 11 is 0. The minimum Gasteiger partial charge on any atom is -0.481 e. The van der Waals surface area contributed by atoms with Crippen LogP contribution in [0.1, 0.15) is 24.5 Å². The van der Waals surface area contributed by atoms with E-state index in [1.807, 2.05) is 12.1 Å². The number of hydrogen-bond acceptors (Lipinski definition) is 1. The van der Waals surface area contributed by atoms with Crippen molar-refractivity contribution in [2.45, 2.75) is 26.2 Å². The molecule has 2 heteroatoms. The van der Waals surface area contributed by atoms with Gasteiger partial charge in [-0.1, -0.05) is 31.2 Å². The molecule has 0 saturated heterocycles. The standard InChI is InChI=1S/C11H14O2/c1-2-9-3-5-10(6-4-9)7-8-11(12)13/h3-6H,2,7-8H2,1H3,(H,12,13). The fraction of sp³-hybridized carbons (Fsp3) is 0.364. The molecule has 0 heterocycles. The number of rotatable bonds is 4. The van der Waals surface area contributed by atoms with Crippen molar-refractivity contribution in [2.75, 3.05) is 0 Å². The molecule has 0 aromatic heterocycles. The molecule has 0 aliphatic carbocycles. The average Bonchev–Trinajstić information content (AvgIpc) is 2.15. The molecule has 1 aromatic carbocycles. The highest BCUT2D eigenvalue weighted by molar-refractivity contribution is 5.67. The molecule has 1 rings (SSSR count). The summed E-state index contributed by atoms with van der Waals surface area (Å²) in [6.45, 7) is 2.10. The van der Waals surface area contributed by atoms with E-state index in [1.165, 1.54) is 5.56 Å². The summed E-state index contributed by atoms with van der Waals surface area (Å²) in [5.74, 6) is -0.737. The molecule has 0 saturated carbocycles. The van der Waals surface area contributed by atoms with Crippen molar-refractivity contribution in [1.82, 2.24) is 0 Å². The molecule has 0 bridgehead atoms. The average molecular weight is 178 g/mol. The maximum atomic E-state index is 10.3. The van der Waals surface area contributed by atoms with Crippen LogP contribution in [0.25, 0.3) is 0 Å². The highest BCUT2D eigenvalue weighted by Gasteiger charge is 1.98. The molecule has 0 amide bonds. The second-order valence-corrected chi connectivity index (χ2v) is 3.06. The van der Waals surface area contributed by atoms with Gasteiger partial charge in [-0.15, -0.1) is 0 Å². The summed E-state index contributed by atoms with van der Waals surface area (Å²) in [6.07, 6.45) is 1.87. The van der Waals surface area contributed by atoms with Crippen LogP contribution < -0.4 is 0 Å². The third-order valence-corrected chi connectivity index (χ3v) is 2.06. The van der Waals surface area contributed by atoms with Crippen molar-refractivity contribution < 1.29 is 9.90 Å². The molecule has 0 radical (unpaired) electrons. The quantitative estimate of drug-likeness (QED) is 0.767. The van der Waals surface area contributed by atoms with Gasteiger partial charge in [-0.3, -0.25) is 4.79 Å². The minimum absolute atomic E-state index is 0.214. The molecule has 0 unspecified atom stereocenters. The van der Waals surface area contributed by atoms with Crippen LogP contribution in [-0.2, 0) is 17.6 Å². The number of carboxylic acids is 1. The zero-order valence-corrected chi connectivity index (χ0v) is 7.79. The number of hydrogen-bond donors (Lipinski definition) is 1. The fourth-order valence-electron chi connectivity index (χ4n) is 1.19. The highest BCUT2D eigenvalue weighted by Crippen LogP contribution is 2.06. The number of carbonyl (C=O) groups is 1. The Balaban J connectivity index is 2.54. The van der Waals surface area contributed by atoms with Crippen LogP contribution in [0.4, 0.5) is 0 Å². The molecule has 0 aliphatic rings. The zero-order valence-electron chi connectivity index (χ0n) is 7.79. The van der Waals surface area contributed by atoms with Gasteiger partial charge in [0.15, 0.2) is 0 Å². The fourth-order valence-corrected chi connectivity index (χ4v) is 1.19. The van der Waals surface area contributed by atoms with Crippen LogP contribution in [0.15, 0.2) is 24.3 Å². The number of aryl methyl sites for hydroxylation is 2. The first-order valence-corrected chi connectivity index (χ1v) is 4.52. The van der Waals surface area contributed by atoms with Gasteiger partial charge in [0, 0.05) is 6.42 Å². The summed E-state index contributed by atoms with van der Waals surface area (Å²) in [4.78, 5) is 10.3. The molecule has 0 atom stereocenters. The SMILES string of the molecule is CCc1ccc(CCC(=O)O)cc1.